The first kappa shape index (κ1) is 20.2. The summed E-state index contributed by atoms with van der Waals surface area (Å²) in [5.74, 6) is -1.88. The summed E-state index contributed by atoms with van der Waals surface area (Å²) in [5.41, 5.74) is 0.473. The molecule has 0 aliphatic carbocycles. The molecule has 0 aliphatic heterocycles. The van der Waals surface area contributed by atoms with Gasteiger partial charge in [0.25, 0.3) is 17.7 Å². The van der Waals surface area contributed by atoms with Crippen molar-refractivity contribution in [3.8, 4) is 23.3 Å². The molecule has 0 spiro atoms. The molecular weight excluding hydrogens is 399 g/mol. The molecule has 2 aromatic carbocycles. The van der Waals surface area contributed by atoms with Gasteiger partial charge in [0.2, 0.25) is 5.82 Å². The number of amides is 1. The summed E-state index contributed by atoms with van der Waals surface area (Å²) in [6, 6.07) is 11.3. The maximum atomic E-state index is 14.9. The Hall–Kier alpha value is -3.52. The highest BCUT2D eigenvalue weighted by Crippen LogP contribution is 2.33. The van der Waals surface area contributed by atoms with Gasteiger partial charge in [0.05, 0.1) is 0 Å². The van der Waals surface area contributed by atoms with Gasteiger partial charge >= 0.3 is 0 Å². The van der Waals surface area contributed by atoms with Gasteiger partial charge in [-0.05, 0) is 31.2 Å². The number of carbonyl (C=O) groups is 1. The van der Waals surface area contributed by atoms with E-state index < -0.39 is 17.6 Å². The number of nitrogens with one attached hydrogen (secondary N) is 2. The highest BCUT2D eigenvalue weighted by Gasteiger charge is 2.20. The predicted molar refractivity (Wildman–Crippen MR) is 106 cm³/mol. The highest BCUT2D eigenvalue weighted by molar-refractivity contribution is 6.44. The zero-order valence-electron chi connectivity index (χ0n) is 15.5. The normalized spacial score (nSPS) is 10.3. The van der Waals surface area contributed by atoms with Gasteiger partial charge in [-0.2, -0.15) is 14.4 Å². The average Bonchev–Trinajstić information content (AvgIpc) is 2.73. The maximum absolute atomic E-state index is 14.9. The van der Waals surface area contributed by atoms with E-state index in [1.54, 1.807) is 37.3 Å². The monoisotopic (exact) mass is 414 g/mol. The number of para-hydroxylation sites is 1. The number of aromatic nitrogens is 2. The second-order valence-electron chi connectivity index (χ2n) is 5.82. The fourth-order valence-corrected chi connectivity index (χ4v) is 2.56. The fourth-order valence-electron chi connectivity index (χ4n) is 2.40. The number of rotatable bonds is 6. The van der Waals surface area contributed by atoms with Crippen molar-refractivity contribution in [2.24, 2.45) is 0 Å². The molecule has 2 N–H and O–H groups in total. The van der Waals surface area contributed by atoms with Crippen LogP contribution in [-0.4, -0.2) is 28.6 Å². The lowest BCUT2D eigenvalue weighted by Crippen LogP contribution is -2.27. The van der Waals surface area contributed by atoms with Gasteiger partial charge in [0.1, 0.15) is 23.5 Å². The Bertz CT molecular complexity index is 1090. The molecule has 9 heteroatoms. The van der Waals surface area contributed by atoms with Crippen molar-refractivity contribution in [2.45, 2.75) is 6.92 Å². The van der Waals surface area contributed by atoms with E-state index >= 15 is 0 Å². The maximum Gasteiger partial charge on any atom is 0.269 e. The van der Waals surface area contributed by atoms with Gasteiger partial charge < -0.3 is 14.8 Å². The van der Waals surface area contributed by atoms with E-state index in [0.29, 0.717) is 16.3 Å². The van der Waals surface area contributed by atoms with E-state index in [-0.39, 0.29) is 22.9 Å². The van der Waals surface area contributed by atoms with Crippen LogP contribution in [0.25, 0.3) is 0 Å². The number of nitrogens with zero attached hydrogens (tertiary/aromatic N) is 2. The number of ether oxygens (including phenoxy) is 2. The molecule has 1 heterocycles. The quantitative estimate of drug-likeness (QED) is 0.587. The van der Waals surface area contributed by atoms with Crippen molar-refractivity contribution < 1.29 is 18.7 Å². The van der Waals surface area contributed by atoms with E-state index in [1.165, 1.54) is 19.2 Å². The summed E-state index contributed by atoms with van der Waals surface area (Å²) < 4.78 is 26.0. The highest BCUT2D eigenvalue weighted by atomic mass is 35.5. The summed E-state index contributed by atoms with van der Waals surface area (Å²) >= 11 is 6.06. The Kier molecular flexibility index (Phi) is 6.04. The largest absolute Gasteiger partial charge is 0.436 e. The van der Waals surface area contributed by atoms with Crippen LogP contribution in [0.2, 0.25) is 5.02 Å². The van der Waals surface area contributed by atoms with Crippen molar-refractivity contribution in [3.63, 3.8) is 0 Å². The predicted octanol–water partition coefficient (Wildman–Crippen LogP) is 4.28. The molecule has 0 saturated carbocycles. The molecule has 0 bridgehead atoms. The Balaban J connectivity index is 1.93. The lowest BCUT2D eigenvalue weighted by molar-refractivity contribution is -0.114. The van der Waals surface area contributed by atoms with Crippen LogP contribution >= 0.6 is 11.6 Å². The minimum atomic E-state index is -0.937. The van der Waals surface area contributed by atoms with E-state index in [0.717, 1.165) is 6.33 Å². The molecule has 0 radical (unpaired) electrons. The van der Waals surface area contributed by atoms with Crippen LogP contribution in [0.5, 0.6) is 23.3 Å². The Morgan fingerprint density at radius 3 is 2.38 bits per heavy atom. The first-order chi connectivity index (χ1) is 13.9. The van der Waals surface area contributed by atoms with Crippen LogP contribution in [0.15, 0.2) is 48.8 Å². The second-order valence-corrected chi connectivity index (χ2v) is 6.22. The summed E-state index contributed by atoms with van der Waals surface area (Å²) in [4.78, 5) is 19.4. The molecule has 148 valence electrons. The van der Waals surface area contributed by atoms with Crippen molar-refractivity contribution >= 4 is 23.2 Å². The summed E-state index contributed by atoms with van der Waals surface area (Å²) in [7, 11) is 1.41. The van der Waals surface area contributed by atoms with Crippen LogP contribution < -0.4 is 14.8 Å². The smallest absolute Gasteiger partial charge is 0.269 e. The molecule has 3 rings (SSSR count). The zero-order valence-corrected chi connectivity index (χ0v) is 16.2. The van der Waals surface area contributed by atoms with Crippen LogP contribution in [0.4, 0.5) is 4.39 Å². The zero-order chi connectivity index (χ0) is 21.0. The number of halogens is 2. The van der Waals surface area contributed by atoms with Gasteiger partial charge in [0.15, 0.2) is 0 Å². The second kappa shape index (κ2) is 8.66. The molecule has 29 heavy (non-hydrogen) atoms. The summed E-state index contributed by atoms with van der Waals surface area (Å²) in [6.45, 7) is 1.73. The fraction of sp³-hybridized carbons (Fsp3) is 0.100. The minimum Gasteiger partial charge on any atom is -0.436 e. The molecule has 1 amide bonds. The average molecular weight is 415 g/mol. The molecule has 0 atom stereocenters. The lowest BCUT2D eigenvalue weighted by atomic mass is 10.1. The van der Waals surface area contributed by atoms with Crippen molar-refractivity contribution in [3.05, 3.63) is 70.8 Å². The first-order valence-electron chi connectivity index (χ1n) is 8.43. The van der Waals surface area contributed by atoms with E-state index in [2.05, 4.69) is 15.3 Å². The minimum absolute atomic E-state index is 0.0867. The Morgan fingerprint density at radius 2 is 1.69 bits per heavy atom. The van der Waals surface area contributed by atoms with Crippen LogP contribution in [0, 0.1) is 18.2 Å². The van der Waals surface area contributed by atoms with Crippen LogP contribution in [0.1, 0.15) is 11.1 Å². The van der Waals surface area contributed by atoms with Crippen LogP contribution in [-0.2, 0) is 4.79 Å². The SMILES string of the molecule is CNC(=O)C(=N)c1ccccc1Oc1ncnc(Oc2cccc(Cl)c2C)c1F. The third-order valence-corrected chi connectivity index (χ3v) is 4.38. The topological polar surface area (TPSA) is 97.2 Å². The lowest BCUT2D eigenvalue weighted by Gasteiger charge is -2.13. The van der Waals surface area contributed by atoms with E-state index in [1.807, 2.05) is 0 Å². The third kappa shape index (κ3) is 4.33. The van der Waals surface area contributed by atoms with Crippen molar-refractivity contribution in [2.75, 3.05) is 7.05 Å². The molecule has 3 aromatic rings. The van der Waals surface area contributed by atoms with Gasteiger partial charge in [0, 0.05) is 23.2 Å². The third-order valence-electron chi connectivity index (χ3n) is 3.97. The van der Waals surface area contributed by atoms with E-state index in [4.69, 9.17) is 26.5 Å². The summed E-state index contributed by atoms with van der Waals surface area (Å²) in [6.07, 6.45) is 1.08. The van der Waals surface area contributed by atoms with E-state index in [9.17, 15) is 9.18 Å². The number of likely N-dealkylation sites (N-methyl/N-ethyl adjacent to an activating group) is 1. The van der Waals surface area contributed by atoms with Crippen molar-refractivity contribution in [1.29, 1.82) is 5.41 Å². The molecule has 0 unspecified atom stereocenters. The number of hydrogen-bond acceptors (Lipinski definition) is 6. The number of benzene rings is 2. The number of hydrogen-bond donors (Lipinski definition) is 2. The molecule has 7 nitrogen and oxygen atoms in total. The van der Waals surface area contributed by atoms with Gasteiger partial charge in [-0.1, -0.05) is 29.8 Å². The standard InChI is InChI=1S/C20H16ClFN4O3/c1-11-13(21)7-5-9-14(11)28-19-16(22)20(26-10-25-19)29-15-8-4-3-6-12(15)17(23)18(27)24-2/h3-10,23H,1-2H3,(H,24,27). The molecule has 0 fully saturated rings. The van der Waals surface area contributed by atoms with Crippen LogP contribution in [0.3, 0.4) is 0 Å². The Morgan fingerprint density at radius 1 is 1.07 bits per heavy atom. The molecular formula is C20H16ClFN4O3. The molecule has 0 saturated heterocycles. The van der Waals surface area contributed by atoms with Gasteiger partial charge in [-0.15, -0.1) is 0 Å². The number of carbonyl (C=O) groups excluding carboxylic acids is 1. The first-order valence-corrected chi connectivity index (χ1v) is 8.81. The molecule has 0 aliphatic rings. The van der Waals surface area contributed by atoms with Gasteiger partial charge in [-0.3, -0.25) is 10.2 Å². The van der Waals surface area contributed by atoms with Gasteiger partial charge in [-0.25, -0.2) is 0 Å². The molecule has 1 aromatic heterocycles. The van der Waals surface area contributed by atoms with Crippen molar-refractivity contribution in [1.82, 2.24) is 15.3 Å². The Labute approximate surface area is 171 Å². The summed E-state index contributed by atoms with van der Waals surface area (Å²) in [5, 5.41) is 10.8.